The molecule has 0 bridgehead atoms. The van der Waals surface area contributed by atoms with E-state index >= 15 is 0 Å². The van der Waals surface area contributed by atoms with Gasteiger partial charge in [-0.15, -0.1) is 0 Å². The minimum absolute atomic E-state index is 0.00768. The fourth-order valence-electron chi connectivity index (χ4n) is 2.82. The summed E-state index contributed by atoms with van der Waals surface area (Å²) in [6, 6.07) is 15.1. The molecule has 126 valence electrons. The van der Waals surface area contributed by atoms with Crippen molar-refractivity contribution in [2.75, 3.05) is 13.7 Å². The molecule has 0 saturated carbocycles. The van der Waals surface area contributed by atoms with Crippen LogP contribution in [-0.2, 0) is 11.3 Å². The van der Waals surface area contributed by atoms with Crippen LogP contribution in [0.1, 0.15) is 17.2 Å². The molecule has 0 radical (unpaired) electrons. The van der Waals surface area contributed by atoms with E-state index in [-0.39, 0.29) is 17.9 Å². The van der Waals surface area contributed by atoms with Crippen LogP contribution in [0.25, 0.3) is 0 Å². The molecule has 5 nitrogen and oxygen atoms in total. The van der Waals surface area contributed by atoms with Gasteiger partial charge >= 0.3 is 0 Å². The van der Waals surface area contributed by atoms with E-state index in [4.69, 9.17) is 16.3 Å². The maximum atomic E-state index is 12.6. The molecular formula is C18H20ClN3O2. The van der Waals surface area contributed by atoms with Crippen LogP contribution in [-0.4, -0.2) is 19.6 Å². The summed E-state index contributed by atoms with van der Waals surface area (Å²) >= 11 is 6.06. The zero-order chi connectivity index (χ0) is 16.9. The molecule has 1 aliphatic heterocycles. The third kappa shape index (κ3) is 3.87. The normalized spacial score (nSPS) is 19.9. The Labute approximate surface area is 146 Å². The average molecular weight is 346 g/mol. The van der Waals surface area contributed by atoms with E-state index in [9.17, 15) is 4.79 Å². The van der Waals surface area contributed by atoms with E-state index in [1.807, 2.05) is 48.5 Å². The fraction of sp³-hybridized carbons (Fsp3) is 0.278. The minimum Gasteiger partial charge on any atom is -0.497 e. The topological polar surface area (TPSA) is 62.4 Å². The molecule has 0 aliphatic carbocycles. The lowest BCUT2D eigenvalue weighted by atomic mass is 9.94. The number of ether oxygens (including phenoxy) is 1. The number of hydrogen-bond donors (Lipinski definition) is 3. The van der Waals surface area contributed by atoms with Crippen LogP contribution in [0.15, 0.2) is 48.5 Å². The number of carbonyl (C=O) groups is 1. The molecule has 24 heavy (non-hydrogen) atoms. The largest absolute Gasteiger partial charge is 0.497 e. The molecule has 1 fully saturated rings. The first kappa shape index (κ1) is 16.8. The van der Waals surface area contributed by atoms with Crippen molar-refractivity contribution in [3.05, 3.63) is 64.7 Å². The number of nitrogens with one attached hydrogen (secondary N) is 3. The Balaban J connectivity index is 1.63. The van der Waals surface area contributed by atoms with Crippen LogP contribution < -0.4 is 20.9 Å². The maximum absolute atomic E-state index is 12.6. The van der Waals surface area contributed by atoms with Gasteiger partial charge in [0.2, 0.25) is 5.91 Å². The molecule has 1 amide bonds. The number of halogens is 1. The van der Waals surface area contributed by atoms with Crippen molar-refractivity contribution in [2.24, 2.45) is 5.92 Å². The molecule has 0 spiro atoms. The summed E-state index contributed by atoms with van der Waals surface area (Å²) in [5.41, 5.74) is 8.25. The summed E-state index contributed by atoms with van der Waals surface area (Å²) < 4.78 is 5.13. The van der Waals surface area contributed by atoms with Crippen molar-refractivity contribution >= 4 is 17.5 Å². The van der Waals surface area contributed by atoms with Gasteiger partial charge < -0.3 is 10.1 Å². The zero-order valence-corrected chi connectivity index (χ0v) is 14.1. The first-order chi connectivity index (χ1) is 11.7. The predicted molar refractivity (Wildman–Crippen MR) is 93.7 cm³/mol. The molecule has 0 aromatic heterocycles. The van der Waals surface area contributed by atoms with E-state index in [1.165, 1.54) is 0 Å². The van der Waals surface area contributed by atoms with Crippen LogP contribution in [0.4, 0.5) is 0 Å². The highest BCUT2D eigenvalue weighted by atomic mass is 35.5. The highest BCUT2D eigenvalue weighted by Crippen LogP contribution is 2.27. The minimum atomic E-state index is -0.193. The molecule has 2 aromatic rings. The molecule has 3 N–H and O–H groups in total. The SMILES string of the molecule is COc1ccc(CNC(=O)C2CNNC2c2cccc(Cl)c2)cc1. The fourth-order valence-corrected chi connectivity index (χ4v) is 3.02. The number of rotatable bonds is 5. The number of hydrogen-bond acceptors (Lipinski definition) is 4. The Kier molecular flexibility index (Phi) is 5.35. The van der Waals surface area contributed by atoms with Crippen LogP contribution in [0.5, 0.6) is 5.75 Å². The Morgan fingerprint density at radius 2 is 2.08 bits per heavy atom. The van der Waals surface area contributed by atoms with E-state index in [1.54, 1.807) is 7.11 Å². The first-order valence-electron chi connectivity index (χ1n) is 7.82. The number of amides is 1. The molecule has 2 aromatic carbocycles. The van der Waals surface area contributed by atoms with Gasteiger partial charge in [0, 0.05) is 18.1 Å². The van der Waals surface area contributed by atoms with Crippen LogP contribution in [0, 0.1) is 5.92 Å². The van der Waals surface area contributed by atoms with Gasteiger partial charge in [0.1, 0.15) is 5.75 Å². The Hall–Kier alpha value is -2.08. The third-order valence-corrected chi connectivity index (χ3v) is 4.39. The van der Waals surface area contributed by atoms with Gasteiger partial charge in [0.25, 0.3) is 0 Å². The molecule has 1 heterocycles. The second-order valence-corrected chi connectivity index (χ2v) is 6.17. The van der Waals surface area contributed by atoms with Gasteiger partial charge in [-0.1, -0.05) is 35.9 Å². The van der Waals surface area contributed by atoms with Gasteiger partial charge in [-0.05, 0) is 35.4 Å². The molecule has 1 saturated heterocycles. The number of carbonyl (C=O) groups excluding carboxylic acids is 1. The summed E-state index contributed by atoms with van der Waals surface area (Å²) in [5, 5.41) is 3.67. The quantitative estimate of drug-likeness (QED) is 0.779. The number of methoxy groups -OCH3 is 1. The van der Waals surface area contributed by atoms with Gasteiger partial charge in [-0.25, -0.2) is 5.43 Å². The summed E-state index contributed by atoms with van der Waals surface area (Å²) in [4.78, 5) is 12.6. The van der Waals surface area contributed by atoms with Crippen molar-refractivity contribution < 1.29 is 9.53 Å². The third-order valence-electron chi connectivity index (χ3n) is 4.15. The second-order valence-electron chi connectivity index (χ2n) is 5.73. The van der Waals surface area contributed by atoms with Gasteiger partial charge in [-0.2, -0.15) is 0 Å². The summed E-state index contributed by atoms with van der Waals surface area (Å²) in [5.74, 6) is 0.616. The lowest BCUT2D eigenvalue weighted by Crippen LogP contribution is -2.34. The summed E-state index contributed by atoms with van der Waals surface area (Å²) in [6.45, 7) is 1.06. The Morgan fingerprint density at radius 1 is 1.29 bits per heavy atom. The van der Waals surface area contributed by atoms with E-state index < -0.39 is 0 Å². The van der Waals surface area contributed by atoms with Gasteiger partial charge in [-0.3, -0.25) is 10.2 Å². The lowest BCUT2D eigenvalue weighted by molar-refractivity contribution is -0.125. The highest BCUT2D eigenvalue weighted by Gasteiger charge is 2.33. The summed E-state index contributed by atoms with van der Waals surface area (Å²) in [6.07, 6.45) is 0. The smallest absolute Gasteiger partial charge is 0.226 e. The van der Waals surface area contributed by atoms with Crippen molar-refractivity contribution in [1.82, 2.24) is 16.2 Å². The van der Waals surface area contributed by atoms with Crippen molar-refractivity contribution in [1.29, 1.82) is 0 Å². The maximum Gasteiger partial charge on any atom is 0.226 e. The molecule has 2 unspecified atom stereocenters. The standard InChI is InChI=1S/C18H20ClN3O2/c1-24-15-7-5-12(6-8-15)10-20-18(23)16-11-21-22-17(16)13-3-2-4-14(19)9-13/h2-9,16-17,21-22H,10-11H2,1H3,(H,20,23). The molecule has 2 atom stereocenters. The molecule has 6 heteroatoms. The highest BCUT2D eigenvalue weighted by molar-refractivity contribution is 6.30. The van der Waals surface area contributed by atoms with Crippen LogP contribution in [0.2, 0.25) is 5.02 Å². The van der Waals surface area contributed by atoms with Crippen molar-refractivity contribution in [3.8, 4) is 5.75 Å². The number of hydrazine groups is 1. The lowest BCUT2D eigenvalue weighted by Gasteiger charge is -2.18. The van der Waals surface area contributed by atoms with Crippen molar-refractivity contribution in [3.63, 3.8) is 0 Å². The van der Waals surface area contributed by atoms with Gasteiger partial charge in [0.15, 0.2) is 0 Å². The number of benzene rings is 2. The van der Waals surface area contributed by atoms with E-state index in [0.717, 1.165) is 16.9 Å². The second kappa shape index (κ2) is 7.66. The first-order valence-corrected chi connectivity index (χ1v) is 8.19. The van der Waals surface area contributed by atoms with Crippen molar-refractivity contribution in [2.45, 2.75) is 12.6 Å². The van der Waals surface area contributed by atoms with Crippen LogP contribution in [0.3, 0.4) is 0 Å². The van der Waals surface area contributed by atoms with E-state index in [0.29, 0.717) is 18.1 Å². The molecule has 3 rings (SSSR count). The summed E-state index contributed by atoms with van der Waals surface area (Å²) in [7, 11) is 1.63. The Bertz CT molecular complexity index is 706. The van der Waals surface area contributed by atoms with E-state index in [2.05, 4.69) is 16.2 Å². The Morgan fingerprint density at radius 3 is 2.79 bits per heavy atom. The molecule has 1 aliphatic rings. The monoisotopic (exact) mass is 345 g/mol. The average Bonchev–Trinajstić information content (AvgIpc) is 3.10. The molecular weight excluding hydrogens is 326 g/mol. The van der Waals surface area contributed by atoms with Crippen LogP contribution >= 0.6 is 11.6 Å². The zero-order valence-electron chi connectivity index (χ0n) is 13.4. The predicted octanol–water partition coefficient (Wildman–Crippen LogP) is 2.43. The van der Waals surface area contributed by atoms with Gasteiger partial charge in [0.05, 0.1) is 19.1 Å².